The number of nitrogens with one attached hydrogen (secondary N) is 1. The molecule has 2 aromatic carbocycles. The summed E-state index contributed by atoms with van der Waals surface area (Å²) >= 11 is 3.53. The standard InChI is InChI=1S/C22H21BrN2O2.C2H6/c1-15(19-13-24-20-10-9-17(23)12-18(19)20)21-8-5-11-25(21)22(26)27-14-16-6-3-2-4-7-16;1-2/h2-4,6-7,9-10,12-13,21,24H,1,5,8,11,14H2;1-2H3. The van der Waals surface area contributed by atoms with Crippen LogP contribution in [0, 0.1) is 0 Å². The van der Waals surface area contributed by atoms with Crippen molar-refractivity contribution in [2.24, 2.45) is 0 Å². The van der Waals surface area contributed by atoms with Crippen LogP contribution in [0.4, 0.5) is 4.79 Å². The van der Waals surface area contributed by atoms with E-state index in [9.17, 15) is 4.79 Å². The maximum Gasteiger partial charge on any atom is 0.410 e. The van der Waals surface area contributed by atoms with Crippen molar-refractivity contribution in [3.63, 3.8) is 0 Å². The van der Waals surface area contributed by atoms with Crippen molar-refractivity contribution in [2.75, 3.05) is 6.54 Å². The van der Waals surface area contributed by atoms with Crippen molar-refractivity contribution in [1.29, 1.82) is 0 Å². The van der Waals surface area contributed by atoms with Crippen LogP contribution in [0.3, 0.4) is 0 Å². The van der Waals surface area contributed by atoms with Crippen LogP contribution in [0.5, 0.6) is 0 Å². The second kappa shape index (κ2) is 9.79. The number of fused-ring (bicyclic) bond motifs is 1. The van der Waals surface area contributed by atoms with Crippen molar-refractivity contribution in [3.05, 3.63) is 76.9 Å². The van der Waals surface area contributed by atoms with E-state index < -0.39 is 0 Å². The molecule has 0 aliphatic carbocycles. The van der Waals surface area contributed by atoms with Crippen LogP contribution in [0.2, 0.25) is 0 Å². The van der Waals surface area contributed by atoms with Gasteiger partial charge in [-0.05, 0) is 42.2 Å². The van der Waals surface area contributed by atoms with E-state index in [1.807, 2.05) is 67.4 Å². The summed E-state index contributed by atoms with van der Waals surface area (Å²) in [6, 6.07) is 15.8. The highest BCUT2D eigenvalue weighted by molar-refractivity contribution is 9.10. The Hall–Kier alpha value is -2.53. The molecule has 1 aromatic heterocycles. The number of carbonyl (C=O) groups is 1. The number of likely N-dealkylation sites (tertiary alicyclic amines) is 1. The first-order valence-corrected chi connectivity index (χ1v) is 10.9. The zero-order chi connectivity index (χ0) is 20.8. The molecule has 0 spiro atoms. The monoisotopic (exact) mass is 454 g/mol. The van der Waals surface area contributed by atoms with E-state index in [2.05, 4.69) is 33.6 Å². The summed E-state index contributed by atoms with van der Waals surface area (Å²) in [6.07, 6.45) is 3.56. The topological polar surface area (TPSA) is 45.3 Å². The minimum absolute atomic E-state index is 0.0359. The summed E-state index contributed by atoms with van der Waals surface area (Å²) < 4.78 is 6.57. The van der Waals surface area contributed by atoms with Gasteiger partial charge in [0.25, 0.3) is 0 Å². The molecule has 2 heterocycles. The third-order valence-corrected chi connectivity index (χ3v) is 5.58. The Morgan fingerprint density at radius 2 is 2.00 bits per heavy atom. The van der Waals surface area contributed by atoms with E-state index in [0.717, 1.165) is 44.9 Å². The number of aromatic amines is 1. The van der Waals surface area contributed by atoms with Gasteiger partial charge in [0.15, 0.2) is 0 Å². The first kappa shape index (κ1) is 21.2. The molecule has 0 radical (unpaired) electrons. The fourth-order valence-electron chi connectivity index (χ4n) is 3.69. The van der Waals surface area contributed by atoms with Gasteiger partial charge in [-0.15, -0.1) is 0 Å². The van der Waals surface area contributed by atoms with Crippen molar-refractivity contribution < 1.29 is 9.53 Å². The average molecular weight is 455 g/mol. The van der Waals surface area contributed by atoms with Gasteiger partial charge in [0.05, 0.1) is 6.04 Å². The molecule has 5 heteroatoms. The smallest absolute Gasteiger partial charge is 0.410 e. The molecule has 29 heavy (non-hydrogen) atoms. The second-order valence-corrected chi connectivity index (χ2v) is 7.72. The van der Waals surface area contributed by atoms with Gasteiger partial charge in [0.2, 0.25) is 0 Å². The number of halogens is 1. The average Bonchev–Trinajstić information content (AvgIpc) is 3.41. The molecular formula is C24H27BrN2O2. The summed E-state index contributed by atoms with van der Waals surface area (Å²) in [5.74, 6) is 0. The van der Waals surface area contributed by atoms with Crippen molar-refractivity contribution >= 4 is 38.5 Å². The summed E-state index contributed by atoms with van der Waals surface area (Å²) in [4.78, 5) is 17.8. The van der Waals surface area contributed by atoms with Crippen molar-refractivity contribution in [2.45, 2.75) is 39.3 Å². The number of aromatic nitrogens is 1. The van der Waals surface area contributed by atoms with Crippen molar-refractivity contribution in [1.82, 2.24) is 9.88 Å². The van der Waals surface area contributed by atoms with Crippen molar-refractivity contribution in [3.8, 4) is 0 Å². The number of amides is 1. The lowest BCUT2D eigenvalue weighted by atomic mass is 9.98. The largest absolute Gasteiger partial charge is 0.445 e. The number of ether oxygens (including phenoxy) is 1. The van der Waals surface area contributed by atoms with E-state index in [1.54, 1.807) is 0 Å². The first-order valence-electron chi connectivity index (χ1n) is 10.1. The summed E-state index contributed by atoms with van der Waals surface area (Å²) in [6.45, 7) is 9.31. The number of hydrogen-bond donors (Lipinski definition) is 1. The fourth-order valence-corrected chi connectivity index (χ4v) is 4.05. The molecule has 1 amide bonds. The van der Waals surface area contributed by atoms with Crippen LogP contribution in [-0.4, -0.2) is 28.6 Å². The van der Waals surface area contributed by atoms with Gasteiger partial charge < -0.3 is 14.6 Å². The molecule has 1 fully saturated rings. The molecule has 152 valence electrons. The lowest BCUT2D eigenvalue weighted by molar-refractivity contribution is 0.0984. The van der Waals surface area contributed by atoms with Crippen LogP contribution < -0.4 is 0 Å². The molecule has 1 unspecified atom stereocenters. The summed E-state index contributed by atoms with van der Waals surface area (Å²) in [5.41, 5.74) is 4.06. The van der Waals surface area contributed by atoms with Crippen LogP contribution in [0.25, 0.3) is 16.5 Å². The Morgan fingerprint density at radius 1 is 1.24 bits per heavy atom. The number of H-pyrrole nitrogens is 1. The quantitative estimate of drug-likeness (QED) is 0.472. The van der Waals surface area contributed by atoms with Gasteiger partial charge in [0.1, 0.15) is 6.61 Å². The Balaban J connectivity index is 0.00000117. The SMILES string of the molecule is C=C(c1c[nH]c2ccc(Br)cc12)C1CCCN1C(=O)OCc1ccccc1.CC. The predicted molar refractivity (Wildman–Crippen MR) is 123 cm³/mol. The van der Waals surface area contributed by atoms with E-state index in [-0.39, 0.29) is 18.7 Å². The zero-order valence-electron chi connectivity index (χ0n) is 17.0. The third kappa shape index (κ3) is 4.73. The number of carbonyl (C=O) groups excluding carboxylic acids is 1. The maximum atomic E-state index is 12.7. The van der Waals surface area contributed by atoms with E-state index in [4.69, 9.17) is 4.74 Å². The summed E-state index contributed by atoms with van der Waals surface area (Å²) in [5, 5.41) is 1.11. The highest BCUT2D eigenvalue weighted by atomic mass is 79.9. The van der Waals surface area contributed by atoms with E-state index in [1.165, 1.54) is 0 Å². The van der Waals surface area contributed by atoms with E-state index in [0.29, 0.717) is 6.54 Å². The first-order chi connectivity index (χ1) is 14.1. The lowest BCUT2D eigenvalue weighted by Gasteiger charge is -2.25. The highest BCUT2D eigenvalue weighted by Gasteiger charge is 2.33. The van der Waals surface area contributed by atoms with Crippen LogP contribution in [0.1, 0.15) is 37.8 Å². The van der Waals surface area contributed by atoms with Gasteiger partial charge in [-0.25, -0.2) is 4.79 Å². The molecule has 4 nitrogen and oxygen atoms in total. The molecule has 0 bridgehead atoms. The molecule has 1 aliphatic heterocycles. The predicted octanol–water partition coefficient (Wildman–Crippen LogP) is 6.77. The number of hydrogen-bond acceptors (Lipinski definition) is 2. The molecule has 1 aliphatic rings. The van der Waals surface area contributed by atoms with Crippen LogP contribution in [0.15, 0.2) is 65.8 Å². The fraction of sp³-hybridized carbons (Fsp3) is 0.292. The highest BCUT2D eigenvalue weighted by Crippen LogP contribution is 2.34. The molecular weight excluding hydrogens is 428 g/mol. The number of rotatable bonds is 4. The normalized spacial score (nSPS) is 15.7. The zero-order valence-corrected chi connectivity index (χ0v) is 18.5. The van der Waals surface area contributed by atoms with Gasteiger partial charge in [-0.3, -0.25) is 0 Å². The molecule has 0 saturated carbocycles. The van der Waals surface area contributed by atoms with Gasteiger partial charge in [0, 0.05) is 33.7 Å². The number of nitrogens with zero attached hydrogens (tertiary/aromatic N) is 1. The van der Waals surface area contributed by atoms with Gasteiger partial charge in [-0.2, -0.15) is 0 Å². The second-order valence-electron chi connectivity index (χ2n) is 6.81. The maximum absolute atomic E-state index is 12.7. The lowest BCUT2D eigenvalue weighted by Crippen LogP contribution is -2.36. The minimum atomic E-state index is -0.275. The Morgan fingerprint density at radius 3 is 2.76 bits per heavy atom. The molecule has 3 aromatic rings. The van der Waals surface area contributed by atoms with Gasteiger partial charge in [-0.1, -0.05) is 66.7 Å². The third-order valence-electron chi connectivity index (χ3n) is 5.08. The van der Waals surface area contributed by atoms with Crippen LogP contribution >= 0.6 is 15.9 Å². The molecule has 1 N–H and O–H groups in total. The van der Waals surface area contributed by atoms with E-state index >= 15 is 0 Å². The number of benzene rings is 2. The molecule has 1 saturated heterocycles. The van der Waals surface area contributed by atoms with Crippen LogP contribution in [-0.2, 0) is 11.3 Å². The Labute approximate surface area is 180 Å². The van der Waals surface area contributed by atoms with Gasteiger partial charge >= 0.3 is 6.09 Å². The Kier molecular flexibility index (Phi) is 7.15. The molecule has 1 atom stereocenters. The summed E-state index contributed by atoms with van der Waals surface area (Å²) in [7, 11) is 0. The Bertz CT molecular complexity index is 981. The minimum Gasteiger partial charge on any atom is -0.445 e. The molecule has 4 rings (SSSR count).